The maximum Gasteiger partial charge on any atom is 0.264 e. The minimum Gasteiger partial charge on any atom is -0.338 e. The van der Waals surface area contributed by atoms with Gasteiger partial charge in [0.1, 0.15) is 0 Å². The van der Waals surface area contributed by atoms with Crippen LogP contribution in [-0.2, 0) is 11.3 Å². The second kappa shape index (κ2) is 9.23. The highest BCUT2D eigenvalue weighted by atomic mass is 32.2. The number of nitrogens with zero attached hydrogens (tertiary/aromatic N) is 5. The number of carbonyl (C=O) groups is 2. The number of thioether (sulfide) groups is 1. The number of thiophene rings is 1. The van der Waals surface area contributed by atoms with Crippen molar-refractivity contribution in [2.45, 2.75) is 11.7 Å². The largest absolute Gasteiger partial charge is 0.338 e. The average molecular weight is 428 g/mol. The fourth-order valence-electron chi connectivity index (χ4n) is 3.15. The number of hydrogen-bond donors (Lipinski definition) is 0. The Labute approximate surface area is 177 Å². The molecule has 0 radical (unpaired) electrons. The Morgan fingerprint density at radius 2 is 1.83 bits per heavy atom. The molecule has 3 aromatic heterocycles. The number of rotatable bonds is 6. The molecular formula is C20H21N5O2S2. The fourth-order valence-corrected chi connectivity index (χ4v) is 4.71. The summed E-state index contributed by atoms with van der Waals surface area (Å²) in [6.07, 6.45) is 5.41. The lowest BCUT2D eigenvalue weighted by atomic mass is 10.3. The van der Waals surface area contributed by atoms with Gasteiger partial charge >= 0.3 is 0 Å². The minimum absolute atomic E-state index is 0.0537. The zero-order chi connectivity index (χ0) is 20.1. The zero-order valence-electron chi connectivity index (χ0n) is 15.8. The summed E-state index contributed by atoms with van der Waals surface area (Å²) in [5.41, 5.74) is 0.949. The van der Waals surface area contributed by atoms with E-state index in [1.165, 1.54) is 23.1 Å². The molecule has 150 valence electrons. The molecule has 0 aliphatic carbocycles. The Kier molecular flexibility index (Phi) is 6.26. The molecule has 0 unspecified atom stereocenters. The molecule has 1 saturated heterocycles. The van der Waals surface area contributed by atoms with E-state index in [1.54, 1.807) is 12.4 Å². The topological polar surface area (TPSA) is 71.3 Å². The minimum atomic E-state index is 0.0537. The van der Waals surface area contributed by atoms with E-state index in [9.17, 15) is 9.59 Å². The molecule has 1 aliphatic rings. The van der Waals surface area contributed by atoms with E-state index in [0.717, 1.165) is 15.7 Å². The molecule has 0 atom stereocenters. The van der Waals surface area contributed by atoms with Crippen LogP contribution >= 0.6 is 23.1 Å². The van der Waals surface area contributed by atoms with Crippen LogP contribution in [0.3, 0.4) is 0 Å². The molecule has 29 heavy (non-hydrogen) atoms. The van der Waals surface area contributed by atoms with Gasteiger partial charge in [-0.3, -0.25) is 14.6 Å². The number of imidazole rings is 1. The maximum atomic E-state index is 12.6. The van der Waals surface area contributed by atoms with Crippen LogP contribution in [0.2, 0.25) is 0 Å². The molecule has 0 saturated carbocycles. The van der Waals surface area contributed by atoms with Crippen molar-refractivity contribution in [2.75, 3.05) is 31.9 Å². The highest BCUT2D eigenvalue weighted by molar-refractivity contribution is 7.99. The van der Waals surface area contributed by atoms with Gasteiger partial charge in [0.05, 0.1) is 22.9 Å². The lowest BCUT2D eigenvalue weighted by molar-refractivity contribution is -0.129. The molecule has 9 heteroatoms. The first-order valence-electron chi connectivity index (χ1n) is 9.35. The molecule has 0 bridgehead atoms. The van der Waals surface area contributed by atoms with Gasteiger partial charge in [-0.2, -0.15) is 0 Å². The molecule has 1 fully saturated rings. The van der Waals surface area contributed by atoms with Crippen LogP contribution in [0, 0.1) is 0 Å². The summed E-state index contributed by atoms with van der Waals surface area (Å²) in [5.74, 6) is 0.460. The van der Waals surface area contributed by atoms with E-state index in [-0.39, 0.29) is 11.8 Å². The van der Waals surface area contributed by atoms with Crippen molar-refractivity contribution in [3.8, 4) is 0 Å². The number of aromatic nitrogens is 3. The predicted octanol–water partition coefficient (Wildman–Crippen LogP) is 2.46. The highest BCUT2D eigenvalue weighted by Gasteiger charge is 2.25. The van der Waals surface area contributed by atoms with E-state index in [0.29, 0.717) is 38.5 Å². The maximum absolute atomic E-state index is 12.6. The number of piperazine rings is 1. The Morgan fingerprint density at radius 3 is 2.55 bits per heavy atom. The van der Waals surface area contributed by atoms with Gasteiger partial charge in [0.15, 0.2) is 5.16 Å². The van der Waals surface area contributed by atoms with Gasteiger partial charge in [0.2, 0.25) is 5.91 Å². The lowest BCUT2D eigenvalue weighted by Gasteiger charge is -2.34. The Balaban J connectivity index is 1.27. The summed E-state index contributed by atoms with van der Waals surface area (Å²) < 4.78 is 2.00. The number of carbonyl (C=O) groups excluding carboxylic acids is 2. The average Bonchev–Trinajstić information content (AvgIpc) is 3.45. The van der Waals surface area contributed by atoms with Gasteiger partial charge < -0.3 is 14.4 Å². The summed E-state index contributed by atoms with van der Waals surface area (Å²) in [6.45, 7) is 2.90. The first kappa shape index (κ1) is 19.7. The summed E-state index contributed by atoms with van der Waals surface area (Å²) in [7, 11) is 0. The third kappa shape index (κ3) is 4.86. The molecule has 0 N–H and O–H groups in total. The third-order valence-corrected chi connectivity index (χ3v) is 6.56. The number of hydrogen-bond acceptors (Lipinski definition) is 6. The molecule has 2 amide bonds. The quantitative estimate of drug-likeness (QED) is 0.565. The van der Waals surface area contributed by atoms with Crippen molar-refractivity contribution in [1.29, 1.82) is 0 Å². The van der Waals surface area contributed by atoms with Crippen LogP contribution in [0.4, 0.5) is 0 Å². The first-order chi connectivity index (χ1) is 14.2. The summed E-state index contributed by atoms with van der Waals surface area (Å²) in [6, 6.07) is 9.54. The SMILES string of the molecule is O=C(CSc1nccn1Cc1ccccn1)N1CCN(C(=O)c2cccs2)CC1. The van der Waals surface area contributed by atoms with Crippen molar-refractivity contribution < 1.29 is 9.59 Å². The first-order valence-corrected chi connectivity index (χ1v) is 11.2. The van der Waals surface area contributed by atoms with Crippen LogP contribution in [0.5, 0.6) is 0 Å². The van der Waals surface area contributed by atoms with Gasteiger partial charge in [0.25, 0.3) is 5.91 Å². The van der Waals surface area contributed by atoms with Crippen LogP contribution in [0.25, 0.3) is 0 Å². The summed E-state index contributed by atoms with van der Waals surface area (Å²) >= 11 is 2.89. The van der Waals surface area contributed by atoms with E-state index < -0.39 is 0 Å². The van der Waals surface area contributed by atoms with Gasteiger partial charge in [-0.25, -0.2) is 4.98 Å². The molecule has 1 aliphatic heterocycles. The van der Waals surface area contributed by atoms with Crippen molar-refractivity contribution in [3.05, 3.63) is 64.9 Å². The van der Waals surface area contributed by atoms with Crippen LogP contribution in [-0.4, -0.2) is 68.1 Å². The molecule has 0 aromatic carbocycles. The highest BCUT2D eigenvalue weighted by Crippen LogP contribution is 2.19. The Bertz CT molecular complexity index is 950. The van der Waals surface area contributed by atoms with Gasteiger partial charge in [0, 0.05) is 44.8 Å². The lowest BCUT2D eigenvalue weighted by Crippen LogP contribution is -2.51. The van der Waals surface area contributed by atoms with E-state index in [2.05, 4.69) is 9.97 Å². The van der Waals surface area contributed by atoms with Gasteiger partial charge in [-0.15, -0.1) is 11.3 Å². The van der Waals surface area contributed by atoms with Crippen molar-refractivity contribution in [1.82, 2.24) is 24.3 Å². The predicted molar refractivity (Wildman–Crippen MR) is 113 cm³/mol. The van der Waals surface area contributed by atoms with Crippen molar-refractivity contribution in [2.24, 2.45) is 0 Å². The zero-order valence-corrected chi connectivity index (χ0v) is 17.4. The Hall–Kier alpha value is -2.65. The summed E-state index contributed by atoms with van der Waals surface area (Å²) in [4.78, 5) is 38.2. The number of amides is 2. The number of pyridine rings is 1. The molecule has 4 heterocycles. The second-order valence-corrected chi connectivity index (χ2v) is 8.49. The van der Waals surface area contributed by atoms with Crippen LogP contribution in [0.15, 0.2) is 59.5 Å². The normalized spacial score (nSPS) is 14.2. The van der Waals surface area contributed by atoms with Crippen LogP contribution < -0.4 is 0 Å². The van der Waals surface area contributed by atoms with Gasteiger partial charge in [-0.1, -0.05) is 23.9 Å². The molecule has 7 nitrogen and oxygen atoms in total. The smallest absolute Gasteiger partial charge is 0.264 e. The molecule has 0 spiro atoms. The summed E-state index contributed by atoms with van der Waals surface area (Å²) in [5, 5.41) is 2.71. The molecule has 3 aromatic rings. The third-order valence-electron chi connectivity index (χ3n) is 4.71. The standard InChI is InChI=1S/C20H21N5O2S2/c26-18(23-9-11-24(12-10-23)19(27)17-5-3-13-28-17)15-29-20-22-7-8-25(20)14-16-4-1-2-6-21-16/h1-8,13H,9-12,14-15H2. The monoisotopic (exact) mass is 427 g/mol. The molecular weight excluding hydrogens is 406 g/mol. The van der Waals surface area contributed by atoms with E-state index in [1.807, 2.05) is 56.3 Å². The fraction of sp³-hybridized carbons (Fsp3) is 0.300. The van der Waals surface area contributed by atoms with E-state index in [4.69, 9.17) is 0 Å². The Morgan fingerprint density at radius 1 is 1.00 bits per heavy atom. The van der Waals surface area contributed by atoms with Crippen LogP contribution in [0.1, 0.15) is 15.4 Å². The van der Waals surface area contributed by atoms with E-state index >= 15 is 0 Å². The van der Waals surface area contributed by atoms with Crippen molar-refractivity contribution >= 4 is 34.9 Å². The molecule has 4 rings (SSSR count). The van der Waals surface area contributed by atoms with Gasteiger partial charge in [-0.05, 0) is 23.6 Å². The van der Waals surface area contributed by atoms with Crippen molar-refractivity contribution in [3.63, 3.8) is 0 Å². The second-order valence-electron chi connectivity index (χ2n) is 6.60.